The summed E-state index contributed by atoms with van der Waals surface area (Å²) in [5, 5.41) is 0. The Kier molecular flexibility index (Phi) is 8.65. The summed E-state index contributed by atoms with van der Waals surface area (Å²) in [6, 6.07) is 13.2. The number of fused-ring (bicyclic) bond motifs is 4. The third kappa shape index (κ3) is 6.81. The van der Waals surface area contributed by atoms with Gasteiger partial charge in [-0.05, 0) is 81.7 Å². The lowest BCUT2D eigenvalue weighted by atomic mass is 9.94. The van der Waals surface area contributed by atoms with Crippen molar-refractivity contribution >= 4 is 21.9 Å². The largest absolute Gasteiger partial charge is 0.488 e. The second-order valence-corrected chi connectivity index (χ2v) is 14.0. The van der Waals surface area contributed by atoms with E-state index in [2.05, 4.69) is 31.6 Å². The molecule has 240 valence electrons. The van der Waals surface area contributed by atoms with Crippen molar-refractivity contribution in [2.24, 2.45) is 11.8 Å². The molecule has 1 aliphatic heterocycles. The predicted octanol–water partition coefficient (Wildman–Crippen LogP) is 5.59. The molecular weight excluding hydrogens is 604 g/mol. The van der Waals surface area contributed by atoms with E-state index in [0.717, 1.165) is 29.5 Å². The predicted molar refractivity (Wildman–Crippen MR) is 173 cm³/mol. The van der Waals surface area contributed by atoms with Crippen LogP contribution in [0.4, 0.5) is 5.95 Å². The van der Waals surface area contributed by atoms with Gasteiger partial charge in [0.25, 0.3) is 15.9 Å². The van der Waals surface area contributed by atoms with Gasteiger partial charge in [-0.1, -0.05) is 31.2 Å². The van der Waals surface area contributed by atoms with Gasteiger partial charge in [0, 0.05) is 17.2 Å². The maximum absolute atomic E-state index is 14.3. The van der Waals surface area contributed by atoms with E-state index in [4.69, 9.17) is 9.47 Å². The number of aromatic nitrogens is 4. The molecule has 1 N–H and O–H groups in total. The Balaban J connectivity index is 1.46. The molecule has 2 unspecified atom stereocenters. The van der Waals surface area contributed by atoms with Crippen molar-refractivity contribution in [2.75, 3.05) is 11.3 Å². The van der Waals surface area contributed by atoms with Crippen molar-refractivity contribution in [3.63, 3.8) is 0 Å². The quantitative estimate of drug-likeness (QED) is 0.274. The smallest absolute Gasteiger partial charge is 0.264 e. The number of ether oxygens (including phenoxy) is 2. The number of carbonyl (C=O) groups excluding carboxylic acids is 1. The average molecular weight is 643 g/mol. The van der Waals surface area contributed by atoms with Gasteiger partial charge < -0.3 is 14.4 Å². The van der Waals surface area contributed by atoms with Crippen molar-refractivity contribution < 1.29 is 22.7 Å². The van der Waals surface area contributed by atoms with Gasteiger partial charge >= 0.3 is 0 Å². The normalized spacial score (nSPS) is 18.4. The molecule has 4 bridgehead atoms. The molecule has 0 spiro atoms. The van der Waals surface area contributed by atoms with Crippen molar-refractivity contribution in [3.05, 3.63) is 83.4 Å². The van der Waals surface area contributed by atoms with Crippen LogP contribution in [0.25, 0.3) is 11.3 Å². The van der Waals surface area contributed by atoms with E-state index < -0.39 is 16.1 Å². The molecule has 2 aliphatic rings. The monoisotopic (exact) mass is 642 g/mol. The fourth-order valence-corrected chi connectivity index (χ4v) is 6.90. The molecule has 3 heterocycles. The summed E-state index contributed by atoms with van der Waals surface area (Å²) in [5.41, 5.74) is 3.57. The van der Waals surface area contributed by atoms with Gasteiger partial charge in [-0.25, -0.2) is 28.1 Å². The van der Waals surface area contributed by atoms with Crippen molar-refractivity contribution in [1.29, 1.82) is 0 Å². The molecule has 0 saturated heterocycles. The van der Waals surface area contributed by atoms with Crippen LogP contribution in [0.15, 0.2) is 65.8 Å². The van der Waals surface area contributed by atoms with Crippen molar-refractivity contribution in [2.45, 2.75) is 71.0 Å². The summed E-state index contributed by atoms with van der Waals surface area (Å²) in [5.74, 6) is 1.18. The van der Waals surface area contributed by atoms with Gasteiger partial charge in [-0.3, -0.25) is 4.79 Å². The highest BCUT2D eigenvalue weighted by Crippen LogP contribution is 2.40. The number of sulfonamides is 1. The van der Waals surface area contributed by atoms with Gasteiger partial charge in [-0.15, -0.1) is 0 Å². The highest BCUT2D eigenvalue weighted by Gasteiger charge is 2.39. The maximum atomic E-state index is 14.3. The number of carbonyl (C=O) groups is 1. The molecule has 6 rings (SSSR count). The molecule has 2 aromatic heterocycles. The summed E-state index contributed by atoms with van der Waals surface area (Å²) in [6.07, 6.45) is 5.28. The highest BCUT2D eigenvalue weighted by atomic mass is 32.2. The first-order chi connectivity index (χ1) is 22.0. The number of hydrogen-bond acceptors (Lipinski definition) is 9. The minimum atomic E-state index is -4.17. The number of amides is 1. The summed E-state index contributed by atoms with van der Waals surface area (Å²) < 4.78 is 41.9. The zero-order valence-corrected chi connectivity index (χ0v) is 27.4. The summed E-state index contributed by atoms with van der Waals surface area (Å²) in [7, 11) is -4.17. The van der Waals surface area contributed by atoms with Gasteiger partial charge in [0.2, 0.25) is 11.8 Å². The number of nitrogens with one attached hydrogen (secondary N) is 1. The van der Waals surface area contributed by atoms with E-state index in [0.29, 0.717) is 23.2 Å². The second kappa shape index (κ2) is 12.7. The van der Waals surface area contributed by atoms with E-state index >= 15 is 0 Å². The Morgan fingerprint density at radius 3 is 2.37 bits per heavy atom. The zero-order chi connectivity index (χ0) is 32.6. The van der Waals surface area contributed by atoms with Crippen LogP contribution in [0.3, 0.4) is 0 Å². The molecule has 2 aromatic carbocycles. The van der Waals surface area contributed by atoms with Crippen LogP contribution >= 0.6 is 0 Å². The molecule has 46 heavy (non-hydrogen) atoms. The Labute approximate surface area is 269 Å². The molecule has 4 aromatic rings. The first-order valence-electron chi connectivity index (χ1n) is 15.5. The molecular formula is C34H38N6O5S. The van der Waals surface area contributed by atoms with Crippen LogP contribution < -0.4 is 14.2 Å². The number of nitrogens with zero attached hydrogens (tertiary/aromatic N) is 5. The minimum absolute atomic E-state index is 0.0355. The minimum Gasteiger partial charge on any atom is -0.488 e. The van der Waals surface area contributed by atoms with Crippen LogP contribution in [-0.4, -0.2) is 57.9 Å². The second-order valence-electron chi connectivity index (χ2n) is 12.3. The SMILES string of the molecule is Cc1cccc(C)c1-c1cc2nc(n1)NS(=O)(=O)c1cccc(c1)C(=O)N(Cc1ncc(OC(C)C)cn1)C(C(C)C1CC1)CO2. The number of benzene rings is 2. The van der Waals surface area contributed by atoms with Crippen LogP contribution in [-0.2, 0) is 16.6 Å². The van der Waals surface area contributed by atoms with E-state index in [1.54, 1.807) is 35.5 Å². The standard InChI is InChI=1S/C34H38N6O5S/c1-20(2)45-26-16-35-30(36-17-26)18-40-29(23(5)24-12-13-24)19-44-31-15-28(32-21(3)8-6-9-22(32)4)37-34(38-31)39-46(42,43)27-11-7-10-25(14-27)33(40)41/h6-11,14-17,20,23-24,29H,12-13,18-19H2,1-5H3,(H,37,38,39). The third-order valence-corrected chi connectivity index (χ3v) is 9.78. The lowest BCUT2D eigenvalue weighted by molar-refractivity contribution is 0.0456. The number of rotatable bonds is 7. The maximum Gasteiger partial charge on any atom is 0.264 e. The van der Waals surface area contributed by atoms with E-state index in [9.17, 15) is 13.2 Å². The van der Waals surface area contributed by atoms with Crippen LogP contribution in [0.5, 0.6) is 11.6 Å². The van der Waals surface area contributed by atoms with Gasteiger partial charge in [-0.2, -0.15) is 4.98 Å². The summed E-state index contributed by atoms with van der Waals surface area (Å²) in [6.45, 7) is 10.1. The van der Waals surface area contributed by atoms with E-state index in [-0.39, 0.29) is 53.4 Å². The third-order valence-electron chi connectivity index (χ3n) is 8.46. The fraction of sp³-hybridized carbons (Fsp3) is 0.382. The first kappa shape index (κ1) is 31.4. The lowest BCUT2D eigenvalue weighted by Crippen LogP contribution is -2.47. The molecule has 1 amide bonds. The molecule has 12 heteroatoms. The van der Waals surface area contributed by atoms with E-state index in [1.807, 2.05) is 45.9 Å². The fourth-order valence-electron chi connectivity index (χ4n) is 5.91. The average Bonchev–Trinajstić information content (AvgIpc) is 3.86. The molecule has 0 radical (unpaired) electrons. The topological polar surface area (TPSA) is 136 Å². The summed E-state index contributed by atoms with van der Waals surface area (Å²) >= 11 is 0. The summed E-state index contributed by atoms with van der Waals surface area (Å²) in [4.78, 5) is 34.0. The van der Waals surface area contributed by atoms with Gasteiger partial charge in [0.05, 0.1) is 41.7 Å². The van der Waals surface area contributed by atoms with Crippen LogP contribution in [0.2, 0.25) is 0 Å². The van der Waals surface area contributed by atoms with Crippen molar-refractivity contribution in [3.8, 4) is 22.9 Å². The van der Waals surface area contributed by atoms with Gasteiger partial charge in [0.1, 0.15) is 12.4 Å². The Morgan fingerprint density at radius 1 is 1.00 bits per heavy atom. The number of hydrogen-bond donors (Lipinski definition) is 1. The lowest BCUT2D eigenvalue weighted by Gasteiger charge is -2.35. The Hall–Kier alpha value is -4.58. The molecule has 1 aliphatic carbocycles. The highest BCUT2D eigenvalue weighted by molar-refractivity contribution is 7.92. The first-order valence-corrected chi connectivity index (χ1v) is 17.0. The molecule has 1 fully saturated rings. The zero-order valence-electron chi connectivity index (χ0n) is 26.6. The molecule has 11 nitrogen and oxygen atoms in total. The van der Waals surface area contributed by atoms with Crippen molar-refractivity contribution in [1.82, 2.24) is 24.8 Å². The molecule has 1 saturated carbocycles. The van der Waals surface area contributed by atoms with Crippen LogP contribution in [0.1, 0.15) is 60.9 Å². The Morgan fingerprint density at radius 2 is 1.70 bits per heavy atom. The van der Waals surface area contributed by atoms with Gasteiger partial charge in [0.15, 0.2) is 5.75 Å². The number of anilines is 1. The Bertz CT molecular complexity index is 1840. The van der Waals surface area contributed by atoms with E-state index in [1.165, 1.54) is 12.1 Å². The number of aryl methyl sites for hydroxylation is 2. The molecule has 2 atom stereocenters. The van der Waals surface area contributed by atoms with Crippen LogP contribution in [0, 0.1) is 25.7 Å².